The van der Waals surface area contributed by atoms with Gasteiger partial charge in [0.05, 0.1) is 0 Å². The number of carbonyl (C=O) groups excluding carboxylic acids is 2. The van der Waals surface area contributed by atoms with E-state index in [4.69, 9.17) is 9.47 Å². The number of amides is 2. The van der Waals surface area contributed by atoms with Crippen molar-refractivity contribution >= 4 is 17.9 Å². The number of rotatable bonds is 3. The Kier molecular flexibility index (Phi) is 4.47. The van der Waals surface area contributed by atoms with Crippen LogP contribution in [0.15, 0.2) is 48.5 Å². The van der Waals surface area contributed by atoms with Gasteiger partial charge < -0.3 is 9.47 Å². The summed E-state index contributed by atoms with van der Waals surface area (Å²) in [5.74, 6) is 0.239. The first kappa shape index (κ1) is 15.6. The van der Waals surface area contributed by atoms with Gasteiger partial charge in [-0.2, -0.15) is 0 Å². The van der Waals surface area contributed by atoms with Crippen molar-refractivity contribution in [3.8, 4) is 11.5 Å². The molecule has 0 radical (unpaired) electrons. The summed E-state index contributed by atoms with van der Waals surface area (Å²) in [6, 6.07) is 12.5. The number of hydrazine groups is 1. The van der Waals surface area contributed by atoms with E-state index in [0.29, 0.717) is 17.1 Å². The Balaban J connectivity index is 1.56. The van der Waals surface area contributed by atoms with Crippen molar-refractivity contribution < 1.29 is 19.1 Å². The number of hydrogen-bond donors (Lipinski definition) is 2. The second-order valence-corrected chi connectivity index (χ2v) is 5.20. The van der Waals surface area contributed by atoms with Crippen LogP contribution in [0.25, 0.3) is 6.08 Å². The molecule has 2 aromatic rings. The number of nitrogens with one attached hydrogen (secondary N) is 2. The Morgan fingerprint density at radius 1 is 1.04 bits per heavy atom. The molecule has 1 aliphatic heterocycles. The van der Waals surface area contributed by atoms with Crippen LogP contribution in [0.5, 0.6) is 11.5 Å². The molecule has 6 heteroatoms. The van der Waals surface area contributed by atoms with Crippen LogP contribution >= 0.6 is 0 Å². The Morgan fingerprint density at radius 3 is 2.67 bits per heavy atom. The Labute approximate surface area is 139 Å². The first-order valence-corrected chi connectivity index (χ1v) is 7.37. The molecule has 0 unspecified atom stereocenters. The maximum Gasteiger partial charge on any atom is 0.269 e. The number of benzene rings is 2. The summed E-state index contributed by atoms with van der Waals surface area (Å²) in [6.45, 7) is 2.10. The Bertz CT molecular complexity index is 814. The molecule has 24 heavy (non-hydrogen) atoms. The van der Waals surface area contributed by atoms with Gasteiger partial charge in [-0.05, 0) is 42.3 Å². The van der Waals surface area contributed by atoms with Crippen LogP contribution in [0.1, 0.15) is 21.5 Å². The van der Waals surface area contributed by atoms with E-state index in [1.165, 1.54) is 6.08 Å². The van der Waals surface area contributed by atoms with E-state index < -0.39 is 11.8 Å². The van der Waals surface area contributed by atoms with Crippen molar-refractivity contribution in [2.75, 3.05) is 6.79 Å². The summed E-state index contributed by atoms with van der Waals surface area (Å²) in [7, 11) is 0. The zero-order chi connectivity index (χ0) is 16.9. The molecule has 6 nitrogen and oxygen atoms in total. The lowest BCUT2D eigenvalue weighted by Crippen LogP contribution is -2.40. The third-order valence-electron chi connectivity index (χ3n) is 3.54. The summed E-state index contributed by atoms with van der Waals surface area (Å²) in [5, 5.41) is 0. The summed E-state index contributed by atoms with van der Waals surface area (Å²) in [6.07, 6.45) is 3.06. The largest absolute Gasteiger partial charge is 0.454 e. The van der Waals surface area contributed by atoms with Crippen molar-refractivity contribution in [3.05, 3.63) is 65.2 Å². The van der Waals surface area contributed by atoms with Crippen LogP contribution in [0.4, 0.5) is 0 Å². The zero-order valence-corrected chi connectivity index (χ0v) is 13.0. The highest BCUT2D eigenvalue weighted by Gasteiger charge is 2.16. The van der Waals surface area contributed by atoms with Gasteiger partial charge in [-0.25, -0.2) is 0 Å². The van der Waals surface area contributed by atoms with Crippen molar-refractivity contribution in [2.24, 2.45) is 0 Å². The third-order valence-corrected chi connectivity index (χ3v) is 3.54. The molecule has 0 atom stereocenters. The van der Waals surface area contributed by atoms with Crippen molar-refractivity contribution in [2.45, 2.75) is 6.92 Å². The molecule has 0 spiro atoms. The minimum atomic E-state index is -0.439. The van der Waals surface area contributed by atoms with Gasteiger partial charge >= 0.3 is 0 Å². The number of ether oxygens (including phenoxy) is 2. The SMILES string of the molecule is Cc1ccccc1/C=C/C(=O)NNC(=O)c1ccc2c(c1)OCO2. The molecule has 2 amide bonds. The number of hydrogen-bond acceptors (Lipinski definition) is 4. The smallest absolute Gasteiger partial charge is 0.269 e. The molecule has 2 N–H and O–H groups in total. The Hall–Kier alpha value is -3.28. The summed E-state index contributed by atoms with van der Waals surface area (Å²) >= 11 is 0. The zero-order valence-electron chi connectivity index (χ0n) is 13.0. The molecule has 1 heterocycles. The summed E-state index contributed by atoms with van der Waals surface area (Å²) in [5.41, 5.74) is 7.06. The standard InChI is InChI=1S/C18H16N2O4/c1-12-4-2-3-5-13(12)7-9-17(21)19-20-18(22)14-6-8-15-16(10-14)24-11-23-15/h2-10H,11H2,1H3,(H,19,21)(H,20,22)/b9-7+. The average molecular weight is 324 g/mol. The van der Waals surface area contributed by atoms with Gasteiger partial charge in [-0.15, -0.1) is 0 Å². The summed E-state index contributed by atoms with van der Waals surface area (Å²) < 4.78 is 10.4. The van der Waals surface area contributed by atoms with E-state index in [2.05, 4.69) is 10.9 Å². The highest BCUT2D eigenvalue weighted by atomic mass is 16.7. The van der Waals surface area contributed by atoms with Crippen LogP contribution in [0.3, 0.4) is 0 Å². The van der Waals surface area contributed by atoms with Crippen molar-refractivity contribution in [1.82, 2.24) is 10.9 Å². The molecular formula is C18H16N2O4. The lowest BCUT2D eigenvalue weighted by Gasteiger charge is -2.06. The van der Waals surface area contributed by atoms with Gasteiger partial charge in [0.25, 0.3) is 11.8 Å². The maximum atomic E-state index is 12.0. The molecule has 0 fully saturated rings. The molecule has 0 aromatic heterocycles. The molecule has 1 aliphatic rings. The highest BCUT2D eigenvalue weighted by molar-refractivity contribution is 5.98. The van der Waals surface area contributed by atoms with Crippen LogP contribution in [-0.4, -0.2) is 18.6 Å². The van der Waals surface area contributed by atoms with Crippen LogP contribution in [0, 0.1) is 6.92 Å². The van der Waals surface area contributed by atoms with Crippen LogP contribution < -0.4 is 20.3 Å². The average Bonchev–Trinajstić information content (AvgIpc) is 3.06. The first-order valence-electron chi connectivity index (χ1n) is 7.37. The number of aryl methyl sites for hydroxylation is 1. The molecule has 0 saturated carbocycles. The van der Waals surface area contributed by atoms with Gasteiger partial charge in [0.2, 0.25) is 6.79 Å². The van der Waals surface area contributed by atoms with E-state index in [1.807, 2.05) is 31.2 Å². The maximum absolute atomic E-state index is 12.0. The predicted molar refractivity (Wildman–Crippen MR) is 88.4 cm³/mol. The lowest BCUT2D eigenvalue weighted by molar-refractivity contribution is -0.117. The van der Waals surface area contributed by atoms with Gasteiger partial charge in [-0.3, -0.25) is 20.4 Å². The van der Waals surface area contributed by atoms with Gasteiger partial charge in [0.15, 0.2) is 11.5 Å². The second kappa shape index (κ2) is 6.87. The van der Waals surface area contributed by atoms with E-state index >= 15 is 0 Å². The monoisotopic (exact) mass is 324 g/mol. The predicted octanol–water partition coefficient (Wildman–Crippen LogP) is 2.20. The molecule has 0 aliphatic carbocycles. The molecule has 2 aromatic carbocycles. The Morgan fingerprint density at radius 2 is 1.83 bits per heavy atom. The van der Waals surface area contributed by atoms with Crippen molar-refractivity contribution in [1.29, 1.82) is 0 Å². The van der Waals surface area contributed by atoms with Crippen LogP contribution in [-0.2, 0) is 4.79 Å². The topological polar surface area (TPSA) is 76.7 Å². The normalized spacial score (nSPS) is 12.2. The second-order valence-electron chi connectivity index (χ2n) is 5.20. The van der Waals surface area contributed by atoms with E-state index in [9.17, 15) is 9.59 Å². The molecule has 0 bridgehead atoms. The summed E-state index contributed by atoms with van der Waals surface area (Å²) in [4.78, 5) is 23.8. The van der Waals surface area contributed by atoms with Gasteiger partial charge in [-0.1, -0.05) is 24.3 Å². The fourth-order valence-corrected chi connectivity index (χ4v) is 2.21. The lowest BCUT2D eigenvalue weighted by atomic mass is 10.1. The van der Waals surface area contributed by atoms with Gasteiger partial charge in [0.1, 0.15) is 0 Å². The molecule has 0 saturated heterocycles. The quantitative estimate of drug-likeness (QED) is 0.670. The molecule has 3 rings (SSSR count). The minimum Gasteiger partial charge on any atom is -0.454 e. The number of carbonyl (C=O) groups is 2. The fraction of sp³-hybridized carbons (Fsp3) is 0.111. The van der Waals surface area contributed by atoms with Crippen LogP contribution in [0.2, 0.25) is 0 Å². The number of fused-ring (bicyclic) bond motifs is 1. The highest BCUT2D eigenvalue weighted by Crippen LogP contribution is 2.32. The van der Waals surface area contributed by atoms with Gasteiger partial charge in [0, 0.05) is 11.6 Å². The van der Waals surface area contributed by atoms with Crippen molar-refractivity contribution in [3.63, 3.8) is 0 Å². The van der Waals surface area contributed by atoms with E-state index in [0.717, 1.165) is 11.1 Å². The minimum absolute atomic E-state index is 0.140. The third kappa shape index (κ3) is 3.55. The first-order chi connectivity index (χ1) is 11.6. The molecular weight excluding hydrogens is 308 g/mol. The van der Waals surface area contributed by atoms with E-state index in [1.54, 1.807) is 24.3 Å². The van der Waals surface area contributed by atoms with E-state index in [-0.39, 0.29) is 6.79 Å². The molecule has 122 valence electrons. The fourth-order valence-electron chi connectivity index (χ4n) is 2.21.